The van der Waals surface area contributed by atoms with E-state index in [9.17, 15) is 13.6 Å². The molecule has 5 heteroatoms. The van der Waals surface area contributed by atoms with Gasteiger partial charge in [-0.25, -0.2) is 0 Å². The number of alkyl halides is 2. The standard InChI is InChI=1S/C20H25F2NO2/c1-20(2)12-14-10-15(25-19(21)22)8-9-16(14)17(23-20)11-18(24)13-6-4-3-5-7-13/h8-11,13,19,23H,3-7,12H2,1-2H3/b17-11-. The number of allylic oxidation sites excluding steroid dienone is 1. The summed E-state index contributed by atoms with van der Waals surface area (Å²) in [6, 6.07) is 4.95. The number of fused-ring (bicyclic) bond motifs is 1. The maximum atomic E-state index is 12.7. The third kappa shape index (κ3) is 4.39. The molecule has 0 aromatic heterocycles. The van der Waals surface area contributed by atoms with Crippen molar-refractivity contribution in [2.75, 3.05) is 0 Å². The van der Waals surface area contributed by atoms with Crippen LogP contribution in [0.5, 0.6) is 5.75 Å². The lowest BCUT2D eigenvalue weighted by atomic mass is 9.83. The van der Waals surface area contributed by atoms with Crippen molar-refractivity contribution in [2.24, 2.45) is 5.92 Å². The Bertz CT molecular complexity index is 676. The van der Waals surface area contributed by atoms with Crippen LogP contribution in [0.1, 0.15) is 57.1 Å². The number of nitrogens with one attached hydrogen (secondary N) is 1. The van der Waals surface area contributed by atoms with E-state index in [0.29, 0.717) is 6.42 Å². The summed E-state index contributed by atoms with van der Waals surface area (Å²) < 4.78 is 29.5. The largest absolute Gasteiger partial charge is 0.435 e. The summed E-state index contributed by atoms with van der Waals surface area (Å²) in [5.41, 5.74) is 2.34. The van der Waals surface area contributed by atoms with Crippen LogP contribution in [0.25, 0.3) is 5.70 Å². The van der Waals surface area contributed by atoms with Gasteiger partial charge >= 0.3 is 6.61 Å². The predicted molar refractivity (Wildman–Crippen MR) is 93.6 cm³/mol. The van der Waals surface area contributed by atoms with Gasteiger partial charge in [-0.05, 0) is 56.9 Å². The quantitative estimate of drug-likeness (QED) is 0.801. The molecule has 0 amide bonds. The molecule has 0 saturated heterocycles. The van der Waals surface area contributed by atoms with Crippen LogP contribution in [-0.4, -0.2) is 17.9 Å². The van der Waals surface area contributed by atoms with Gasteiger partial charge in [0.1, 0.15) is 5.75 Å². The number of carbonyl (C=O) groups excluding carboxylic acids is 1. The highest BCUT2D eigenvalue weighted by Crippen LogP contribution is 2.33. The van der Waals surface area contributed by atoms with Crippen molar-refractivity contribution >= 4 is 11.5 Å². The van der Waals surface area contributed by atoms with Crippen LogP contribution in [-0.2, 0) is 11.2 Å². The van der Waals surface area contributed by atoms with Crippen LogP contribution in [0, 0.1) is 5.92 Å². The zero-order valence-corrected chi connectivity index (χ0v) is 14.8. The van der Waals surface area contributed by atoms with Crippen molar-refractivity contribution in [1.82, 2.24) is 5.32 Å². The van der Waals surface area contributed by atoms with Gasteiger partial charge in [0, 0.05) is 28.8 Å². The highest BCUT2D eigenvalue weighted by Gasteiger charge is 2.29. The van der Waals surface area contributed by atoms with Gasteiger partial charge in [0.05, 0.1) is 0 Å². The van der Waals surface area contributed by atoms with E-state index in [0.717, 1.165) is 42.5 Å². The molecule has 3 rings (SSSR count). The van der Waals surface area contributed by atoms with Gasteiger partial charge in [0.15, 0.2) is 5.78 Å². The molecule has 0 radical (unpaired) electrons. The van der Waals surface area contributed by atoms with Crippen LogP contribution in [0.4, 0.5) is 8.78 Å². The smallest absolute Gasteiger partial charge is 0.387 e. The van der Waals surface area contributed by atoms with Crippen LogP contribution >= 0.6 is 0 Å². The average molecular weight is 349 g/mol. The minimum Gasteiger partial charge on any atom is -0.435 e. The number of hydrogen-bond acceptors (Lipinski definition) is 3. The molecule has 1 aromatic rings. The highest BCUT2D eigenvalue weighted by atomic mass is 19.3. The fourth-order valence-corrected chi connectivity index (χ4v) is 3.87. The number of carbonyl (C=O) groups is 1. The summed E-state index contributed by atoms with van der Waals surface area (Å²) >= 11 is 0. The van der Waals surface area contributed by atoms with E-state index in [4.69, 9.17) is 0 Å². The minimum absolute atomic E-state index is 0.109. The SMILES string of the molecule is CC1(C)Cc2cc(OC(F)F)ccc2/C(=C/C(=O)C2CCCCC2)N1. The van der Waals surface area contributed by atoms with Crippen molar-refractivity contribution < 1.29 is 18.3 Å². The Morgan fingerprint density at radius 2 is 2.00 bits per heavy atom. The Hall–Kier alpha value is -1.91. The van der Waals surface area contributed by atoms with Gasteiger partial charge < -0.3 is 10.1 Å². The first-order valence-corrected chi connectivity index (χ1v) is 8.96. The van der Waals surface area contributed by atoms with E-state index < -0.39 is 6.61 Å². The maximum Gasteiger partial charge on any atom is 0.387 e. The molecule has 1 N–H and O–H groups in total. The van der Waals surface area contributed by atoms with Crippen LogP contribution < -0.4 is 10.1 Å². The first-order chi connectivity index (χ1) is 11.8. The van der Waals surface area contributed by atoms with Crippen molar-refractivity contribution in [2.45, 2.75) is 64.5 Å². The molecule has 3 nitrogen and oxygen atoms in total. The lowest BCUT2D eigenvalue weighted by molar-refractivity contribution is -0.119. The fraction of sp³-hybridized carbons (Fsp3) is 0.550. The molecule has 1 fully saturated rings. The van der Waals surface area contributed by atoms with Crippen molar-refractivity contribution in [1.29, 1.82) is 0 Å². The molecule has 0 atom stereocenters. The van der Waals surface area contributed by atoms with Gasteiger partial charge in [-0.2, -0.15) is 8.78 Å². The number of benzene rings is 1. The Kier molecular flexibility index (Phi) is 5.11. The average Bonchev–Trinajstić information content (AvgIpc) is 2.53. The molecule has 0 spiro atoms. The lowest BCUT2D eigenvalue weighted by Crippen LogP contribution is -2.44. The summed E-state index contributed by atoms with van der Waals surface area (Å²) in [4.78, 5) is 12.7. The third-order valence-electron chi connectivity index (χ3n) is 4.99. The van der Waals surface area contributed by atoms with Gasteiger partial charge in [-0.3, -0.25) is 4.79 Å². The number of halogens is 2. The maximum absolute atomic E-state index is 12.7. The molecule has 1 saturated carbocycles. The molecule has 1 aliphatic carbocycles. The first kappa shape index (κ1) is 17.9. The Morgan fingerprint density at radius 1 is 1.28 bits per heavy atom. The number of ether oxygens (including phenoxy) is 1. The van der Waals surface area contributed by atoms with Gasteiger partial charge in [-0.1, -0.05) is 19.3 Å². The Balaban J connectivity index is 1.90. The van der Waals surface area contributed by atoms with E-state index in [1.165, 1.54) is 12.5 Å². The second-order valence-electron chi connectivity index (χ2n) is 7.68. The Morgan fingerprint density at radius 3 is 2.68 bits per heavy atom. The summed E-state index contributed by atoms with van der Waals surface area (Å²) in [5, 5.41) is 3.43. The number of hydrogen-bond donors (Lipinski definition) is 1. The molecule has 0 unspecified atom stereocenters. The molecule has 2 aliphatic rings. The van der Waals surface area contributed by atoms with Crippen molar-refractivity contribution in [3.05, 3.63) is 35.4 Å². The molecule has 1 heterocycles. The van der Waals surface area contributed by atoms with E-state index in [1.54, 1.807) is 18.2 Å². The van der Waals surface area contributed by atoms with Crippen LogP contribution in [0.2, 0.25) is 0 Å². The summed E-state index contributed by atoms with van der Waals surface area (Å²) in [5.74, 6) is 0.432. The van der Waals surface area contributed by atoms with Crippen LogP contribution in [0.3, 0.4) is 0 Å². The van der Waals surface area contributed by atoms with Gasteiger partial charge in [0.25, 0.3) is 0 Å². The van der Waals surface area contributed by atoms with E-state index in [-0.39, 0.29) is 23.0 Å². The number of rotatable bonds is 4. The third-order valence-corrected chi connectivity index (χ3v) is 4.99. The number of ketones is 1. The molecular weight excluding hydrogens is 324 g/mol. The fourth-order valence-electron chi connectivity index (χ4n) is 3.87. The van der Waals surface area contributed by atoms with Crippen molar-refractivity contribution in [3.8, 4) is 5.75 Å². The van der Waals surface area contributed by atoms with E-state index in [1.807, 2.05) is 13.8 Å². The zero-order valence-electron chi connectivity index (χ0n) is 14.8. The highest BCUT2D eigenvalue weighted by molar-refractivity contribution is 5.98. The topological polar surface area (TPSA) is 38.3 Å². The molecule has 0 bridgehead atoms. The summed E-state index contributed by atoms with van der Waals surface area (Å²) in [7, 11) is 0. The monoisotopic (exact) mass is 349 g/mol. The zero-order chi connectivity index (χ0) is 18.0. The first-order valence-electron chi connectivity index (χ1n) is 8.96. The van der Waals surface area contributed by atoms with Crippen molar-refractivity contribution in [3.63, 3.8) is 0 Å². The van der Waals surface area contributed by atoms with Gasteiger partial charge in [0.2, 0.25) is 0 Å². The van der Waals surface area contributed by atoms with Gasteiger partial charge in [-0.15, -0.1) is 0 Å². The van der Waals surface area contributed by atoms with Crippen LogP contribution in [0.15, 0.2) is 24.3 Å². The molecule has 136 valence electrons. The molecule has 25 heavy (non-hydrogen) atoms. The van der Waals surface area contributed by atoms with E-state index >= 15 is 0 Å². The predicted octanol–water partition coefficient (Wildman–Crippen LogP) is 4.70. The normalized spacial score (nSPS) is 21.7. The molecule has 1 aromatic carbocycles. The lowest BCUT2D eigenvalue weighted by Gasteiger charge is -2.36. The Labute approximate surface area is 147 Å². The van der Waals surface area contributed by atoms with E-state index in [2.05, 4.69) is 10.1 Å². The second kappa shape index (κ2) is 7.14. The summed E-state index contributed by atoms with van der Waals surface area (Å²) in [6.45, 7) is 1.24. The molecule has 1 aliphatic heterocycles. The summed E-state index contributed by atoms with van der Waals surface area (Å²) in [6.07, 6.45) is 7.75. The second-order valence-corrected chi connectivity index (χ2v) is 7.68. The minimum atomic E-state index is -2.84. The molecular formula is C20H25F2NO2.